The Morgan fingerprint density at radius 1 is 1.50 bits per heavy atom. The van der Waals surface area contributed by atoms with Crippen molar-refractivity contribution < 1.29 is 22.3 Å². The van der Waals surface area contributed by atoms with Gasteiger partial charge in [0.15, 0.2) is 0 Å². The van der Waals surface area contributed by atoms with E-state index >= 15 is 0 Å². The summed E-state index contributed by atoms with van der Waals surface area (Å²) in [6, 6.07) is 0. The molecular weight excluding hydrogens is 179 g/mol. The normalized spacial score (nSPS) is 1.25. The Kier molecular flexibility index (Phi) is 84.2. The molecule has 0 unspecified atom stereocenters. The third-order valence-corrected chi connectivity index (χ3v) is 0. The van der Waals surface area contributed by atoms with Crippen LogP contribution in [0.5, 0.6) is 0 Å². The second kappa shape index (κ2) is 20.2. The van der Waals surface area contributed by atoms with Crippen molar-refractivity contribution in [2.24, 2.45) is 0 Å². The van der Waals surface area contributed by atoms with Gasteiger partial charge in [-0.15, -0.1) is 0 Å². The Hall–Kier alpha value is 1.97. The van der Waals surface area contributed by atoms with Crippen molar-refractivity contribution >= 4 is 45.6 Å². The van der Waals surface area contributed by atoms with E-state index in [0.717, 1.165) is 0 Å². The Morgan fingerprint density at radius 2 is 1.50 bits per heavy atom. The van der Waals surface area contributed by atoms with Crippen LogP contribution >= 0.6 is 0 Å². The zero-order valence-electron chi connectivity index (χ0n) is 4.44. The van der Waals surface area contributed by atoms with E-state index in [2.05, 4.69) is 6.66 Å². The molecule has 0 amide bonds. The van der Waals surface area contributed by atoms with Crippen molar-refractivity contribution in [3.05, 3.63) is 0 Å². The topological polar surface area (TPSA) is 0 Å². The van der Waals surface area contributed by atoms with Crippen molar-refractivity contribution in [2.75, 3.05) is 0 Å². The molecule has 0 spiro atoms. The third-order valence-electron chi connectivity index (χ3n) is 0. The minimum atomic E-state index is 0. The Labute approximate surface area is 67.4 Å². The molecule has 0 saturated heterocycles. The second-order valence-corrected chi connectivity index (χ2v) is 0. The predicted molar refractivity (Wildman–Crippen MR) is 20.9 cm³/mol. The summed E-state index contributed by atoms with van der Waals surface area (Å²) in [5, 5.41) is 0. The summed E-state index contributed by atoms with van der Waals surface area (Å²) in [6.45, 7) is 4.44. The molecule has 0 aromatic carbocycles. The van der Waals surface area contributed by atoms with E-state index in [1.807, 2.05) is 15.8 Å². The molecular formula is H3BMgSeZn. The summed E-state index contributed by atoms with van der Waals surface area (Å²) in [7, 11) is 0. The molecule has 0 aliphatic rings. The van der Waals surface area contributed by atoms with Crippen molar-refractivity contribution in [3.8, 4) is 0 Å². The maximum Gasteiger partial charge on any atom is 2.00 e. The largest absolute Gasteiger partial charge is 2.00 e. The molecule has 16 valence electrons. The average Bonchev–Trinajstić information content (AvgIpc) is 1.00. The molecule has 0 aliphatic carbocycles. The molecule has 0 aromatic rings. The van der Waals surface area contributed by atoms with E-state index in [1.54, 1.807) is 0 Å². The number of hydrogen-bond acceptors (Lipinski definition) is 0. The minimum absolute atomic E-state index is 0. The van der Waals surface area contributed by atoms with Crippen LogP contribution in [-0.4, -0.2) is 45.6 Å². The summed E-state index contributed by atoms with van der Waals surface area (Å²) in [5.41, 5.74) is 0. The zero-order valence-corrected chi connectivity index (χ0v) is 8.70. The SMILES string of the molecule is [B][SeH].[H-].[H-].[Mg+2].[Zn]. The molecule has 0 atom stereocenters. The van der Waals surface area contributed by atoms with Gasteiger partial charge in [0.25, 0.3) is 0 Å². The Morgan fingerprint density at radius 3 is 1.50 bits per heavy atom. The van der Waals surface area contributed by atoms with Crippen LogP contribution in [0, 0.1) is 0 Å². The van der Waals surface area contributed by atoms with Crippen molar-refractivity contribution in [3.63, 3.8) is 0 Å². The van der Waals surface area contributed by atoms with Crippen molar-refractivity contribution in [1.29, 1.82) is 0 Å². The first-order chi connectivity index (χ1) is 1.00. The van der Waals surface area contributed by atoms with E-state index in [1.165, 1.54) is 0 Å². The first-order valence-electron chi connectivity index (χ1n) is 0.258. The summed E-state index contributed by atoms with van der Waals surface area (Å²) < 4.78 is 0. The molecule has 4 heteroatoms. The Bertz CT molecular complexity index is 13.5. The summed E-state index contributed by atoms with van der Waals surface area (Å²) >= 11 is 1.81. The van der Waals surface area contributed by atoms with Crippen LogP contribution in [0.1, 0.15) is 2.85 Å². The molecule has 0 nitrogen and oxygen atoms in total. The predicted octanol–water partition coefficient (Wildman–Crippen LogP) is -1.19. The van der Waals surface area contributed by atoms with Gasteiger partial charge in [-0.3, -0.25) is 0 Å². The van der Waals surface area contributed by atoms with Crippen molar-refractivity contribution in [2.45, 2.75) is 0 Å². The quantitative estimate of drug-likeness (QED) is 0.414. The molecule has 0 aliphatic heterocycles. The molecule has 0 saturated carbocycles. The maximum absolute atomic E-state index is 4.44. The zero-order chi connectivity index (χ0) is 2.00. The molecule has 0 bridgehead atoms. The van der Waals surface area contributed by atoms with E-state index in [-0.39, 0.29) is 45.4 Å². The summed E-state index contributed by atoms with van der Waals surface area (Å²) in [6.07, 6.45) is 0. The van der Waals surface area contributed by atoms with Crippen LogP contribution in [-0.2, 0) is 19.5 Å². The smallest absolute Gasteiger partial charge is 1.00 e. The van der Waals surface area contributed by atoms with Crippen LogP contribution in [0.3, 0.4) is 0 Å². The van der Waals surface area contributed by atoms with Crippen LogP contribution in [0.4, 0.5) is 0 Å². The average molecular weight is 182 g/mol. The van der Waals surface area contributed by atoms with Crippen molar-refractivity contribution in [1.82, 2.24) is 0 Å². The fourth-order valence-electron chi connectivity index (χ4n) is 0. The molecule has 0 heterocycles. The van der Waals surface area contributed by atoms with Gasteiger partial charge in [-0.05, 0) is 0 Å². The van der Waals surface area contributed by atoms with E-state index in [0.29, 0.717) is 0 Å². The Balaban J connectivity index is -0.000000000833. The first kappa shape index (κ1) is 16.7. The van der Waals surface area contributed by atoms with Crippen LogP contribution < -0.4 is 0 Å². The monoisotopic (exact) mass is 182 g/mol. The van der Waals surface area contributed by atoms with Crippen LogP contribution in [0.25, 0.3) is 0 Å². The van der Waals surface area contributed by atoms with Gasteiger partial charge in [-0.1, -0.05) is 0 Å². The van der Waals surface area contributed by atoms with Gasteiger partial charge in [-0.2, -0.15) is 0 Å². The maximum atomic E-state index is 4.44. The van der Waals surface area contributed by atoms with Crippen LogP contribution in [0.15, 0.2) is 0 Å². The van der Waals surface area contributed by atoms with Gasteiger partial charge in [0, 0.05) is 19.5 Å². The molecule has 0 aromatic heterocycles. The van der Waals surface area contributed by atoms with Gasteiger partial charge in [0.2, 0.25) is 0 Å². The van der Waals surface area contributed by atoms with Gasteiger partial charge in [-0.25, -0.2) is 0 Å². The molecule has 2 radical (unpaired) electrons. The van der Waals surface area contributed by atoms with Gasteiger partial charge >= 0.3 is 45.6 Å². The second-order valence-electron chi connectivity index (χ2n) is 0. The summed E-state index contributed by atoms with van der Waals surface area (Å²) in [4.78, 5) is 0. The van der Waals surface area contributed by atoms with Gasteiger partial charge < -0.3 is 2.85 Å². The van der Waals surface area contributed by atoms with Gasteiger partial charge in [0.05, 0.1) is 0 Å². The third kappa shape index (κ3) is 9.02. The van der Waals surface area contributed by atoms with E-state index in [4.69, 9.17) is 0 Å². The standard InChI is InChI=1S/BHSe.Mg.Zn.2H/c1-2;;;;/h2H;;;;/q;+2;;2*-1. The fourth-order valence-corrected chi connectivity index (χ4v) is 0. The number of hydrogen-bond donors (Lipinski definition) is 0. The molecule has 4 heavy (non-hydrogen) atoms. The summed E-state index contributed by atoms with van der Waals surface area (Å²) in [5.74, 6) is 0. The molecule has 0 N–H and O–H groups in total. The molecule has 0 fully saturated rings. The molecule has 0 rings (SSSR count). The van der Waals surface area contributed by atoms with Crippen LogP contribution in [0.2, 0.25) is 0 Å². The number of rotatable bonds is 0. The van der Waals surface area contributed by atoms with E-state index in [9.17, 15) is 0 Å². The van der Waals surface area contributed by atoms with E-state index < -0.39 is 0 Å². The van der Waals surface area contributed by atoms with Gasteiger partial charge in [0.1, 0.15) is 0 Å². The minimum Gasteiger partial charge on any atom is -1.00 e. The fraction of sp³-hybridized carbons (Fsp3) is 0. The first-order valence-corrected chi connectivity index (χ1v) is 1.34.